The number of carbonyl (C=O) groups excluding carboxylic acids is 1. The van der Waals surface area contributed by atoms with Crippen molar-refractivity contribution in [2.45, 2.75) is 13.8 Å². The second-order valence-corrected chi connectivity index (χ2v) is 3.98. The third-order valence-electron chi connectivity index (χ3n) is 2.53. The minimum absolute atomic E-state index is 0.0886. The number of aromatic nitrogens is 2. The van der Waals surface area contributed by atoms with E-state index in [1.807, 2.05) is 6.92 Å². The monoisotopic (exact) mass is 245 g/mol. The number of hydrogen-bond donors (Lipinski definition) is 0. The lowest BCUT2D eigenvalue weighted by atomic mass is 10.1. The van der Waals surface area contributed by atoms with Gasteiger partial charge in [-0.3, -0.25) is 14.9 Å². The van der Waals surface area contributed by atoms with Gasteiger partial charge in [-0.1, -0.05) is 0 Å². The summed E-state index contributed by atoms with van der Waals surface area (Å²) in [5, 5.41) is 14.9. The van der Waals surface area contributed by atoms with Gasteiger partial charge in [-0.25, -0.2) is 4.68 Å². The molecule has 92 valence electrons. The zero-order chi connectivity index (χ0) is 13.3. The molecule has 0 spiro atoms. The average molecular weight is 245 g/mol. The second kappa shape index (κ2) is 4.40. The van der Waals surface area contributed by atoms with Crippen LogP contribution in [-0.2, 0) is 0 Å². The van der Waals surface area contributed by atoms with Gasteiger partial charge in [-0.05, 0) is 31.5 Å². The van der Waals surface area contributed by atoms with Gasteiger partial charge in [0.1, 0.15) is 0 Å². The Morgan fingerprint density at radius 1 is 1.44 bits per heavy atom. The number of nitro groups is 1. The molecule has 0 radical (unpaired) electrons. The fourth-order valence-corrected chi connectivity index (χ4v) is 1.66. The van der Waals surface area contributed by atoms with Crippen molar-refractivity contribution in [3.05, 3.63) is 51.8 Å². The number of Topliss-reactive ketones (excluding diaryl/α,β-unsaturated/α-hetero) is 1. The number of ketones is 1. The minimum atomic E-state index is -0.561. The molecule has 1 heterocycles. The summed E-state index contributed by atoms with van der Waals surface area (Å²) in [6, 6.07) is 4.37. The Hall–Kier alpha value is -2.50. The largest absolute Gasteiger partial charge is 0.294 e. The van der Waals surface area contributed by atoms with E-state index in [-0.39, 0.29) is 17.0 Å². The first kappa shape index (κ1) is 12.0. The lowest BCUT2D eigenvalue weighted by molar-refractivity contribution is -0.385. The second-order valence-electron chi connectivity index (χ2n) is 3.98. The van der Waals surface area contributed by atoms with Gasteiger partial charge in [-0.2, -0.15) is 5.10 Å². The van der Waals surface area contributed by atoms with Gasteiger partial charge in [0.15, 0.2) is 5.78 Å². The fraction of sp³-hybridized carbons (Fsp3) is 0.167. The summed E-state index contributed by atoms with van der Waals surface area (Å²) in [6.07, 6.45) is 3.46. The fourth-order valence-electron chi connectivity index (χ4n) is 1.66. The summed E-state index contributed by atoms with van der Waals surface area (Å²) < 4.78 is 1.57. The smallest absolute Gasteiger partial charge is 0.280 e. The van der Waals surface area contributed by atoms with Crippen LogP contribution in [0.15, 0.2) is 30.6 Å². The van der Waals surface area contributed by atoms with Crippen LogP contribution in [0.3, 0.4) is 0 Å². The molecule has 0 bridgehead atoms. The van der Waals surface area contributed by atoms with Crippen LogP contribution in [0.4, 0.5) is 5.69 Å². The van der Waals surface area contributed by atoms with Gasteiger partial charge >= 0.3 is 0 Å². The predicted octanol–water partition coefficient (Wildman–Crippen LogP) is 2.29. The molecule has 0 unspecified atom stereocenters. The van der Waals surface area contributed by atoms with E-state index in [0.29, 0.717) is 5.69 Å². The minimum Gasteiger partial charge on any atom is -0.294 e. The molecule has 0 aliphatic rings. The van der Waals surface area contributed by atoms with Crippen molar-refractivity contribution in [3.63, 3.8) is 0 Å². The van der Waals surface area contributed by atoms with E-state index in [9.17, 15) is 14.9 Å². The first-order valence-electron chi connectivity index (χ1n) is 5.30. The van der Waals surface area contributed by atoms with Crippen molar-refractivity contribution in [2.75, 3.05) is 0 Å². The van der Waals surface area contributed by atoms with Gasteiger partial charge in [0.25, 0.3) is 5.69 Å². The highest BCUT2D eigenvalue weighted by Gasteiger charge is 2.18. The zero-order valence-electron chi connectivity index (χ0n) is 9.95. The average Bonchev–Trinajstić information content (AvgIpc) is 2.75. The summed E-state index contributed by atoms with van der Waals surface area (Å²) in [4.78, 5) is 21.7. The van der Waals surface area contributed by atoms with E-state index in [4.69, 9.17) is 0 Å². The van der Waals surface area contributed by atoms with Crippen LogP contribution >= 0.6 is 0 Å². The topological polar surface area (TPSA) is 78.0 Å². The molecule has 6 heteroatoms. The first-order valence-corrected chi connectivity index (χ1v) is 5.30. The van der Waals surface area contributed by atoms with Gasteiger partial charge < -0.3 is 0 Å². The summed E-state index contributed by atoms with van der Waals surface area (Å²) in [7, 11) is 0. The Bertz CT molecular complexity index is 631. The summed E-state index contributed by atoms with van der Waals surface area (Å²) in [6.45, 7) is 3.20. The molecule has 2 aromatic rings. The molecule has 0 fully saturated rings. The maximum Gasteiger partial charge on any atom is 0.280 e. The van der Waals surface area contributed by atoms with E-state index < -0.39 is 4.92 Å². The molecular formula is C12H11N3O3. The molecule has 18 heavy (non-hydrogen) atoms. The number of hydrogen-bond acceptors (Lipinski definition) is 4. The maximum absolute atomic E-state index is 11.4. The Morgan fingerprint density at radius 2 is 2.17 bits per heavy atom. The molecular weight excluding hydrogens is 234 g/mol. The van der Waals surface area contributed by atoms with Crippen LogP contribution in [0.5, 0.6) is 0 Å². The van der Waals surface area contributed by atoms with E-state index in [2.05, 4.69) is 5.10 Å². The molecule has 0 amide bonds. The van der Waals surface area contributed by atoms with Crippen LogP contribution in [0.25, 0.3) is 5.69 Å². The molecule has 0 aliphatic heterocycles. The molecule has 2 rings (SSSR count). The standard InChI is InChI=1S/C12H11N3O3/c1-8-6-13-14(7-8)10-3-4-12(15(17)18)11(5-10)9(2)16/h3-7H,1-2H3. The molecule has 0 saturated heterocycles. The lowest BCUT2D eigenvalue weighted by Gasteiger charge is -2.04. The molecule has 0 N–H and O–H groups in total. The van der Waals surface area contributed by atoms with Gasteiger partial charge in [-0.15, -0.1) is 0 Å². The van der Waals surface area contributed by atoms with Crippen molar-refractivity contribution in [1.29, 1.82) is 0 Å². The molecule has 1 aromatic heterocycles. The number of nitrogens with zero attached hydrogens (tertiary/aromatic N) is 3. The summed E-state index contributed by atoms with van der Waals surface area (Å²) in [5.41, 5.74) is 1.50. The molecule has 6 nitrogen and oxygen atoms in total. The highest BCUT2D eigenvalue weighted by atomic mass is 16.6. The number of rotatable bonds is 3. The quantitative estimate of drug-likeness (QED) is 0.472. The normalized spacial score (nSPS) is 10.3. The summed E-state index contributed by atoms with van der Waals surface area (Å²) >= 11 is 0. The number of nitro benzene ring substituents is 1. The Kier molecular flexibility index (Phi) is 2.93. The molecule has 1 aromatic carbocycles. The Labute approximate surface area is 103 Å². The zero-order valence-corrected chi connectivity index (χ0v) is 9.95. The lowest BCUT2D eigenvalue weighted by Crippen LogP contribution is -2.03. The van der Waals surface area contributed by atoms with E-state index in [1.165, 1.54) is 19.1 Å². The van der Waals surface area contributed by atoms with Crippen LogP contribution in [0, 0.1) is 17.0 Å². The first-order chi connectivity index (χ1) is 8.49. The van der Waals surface area contributed by atoms with Crippen LogP contribution in [0.1, 0.15) is 22.8 Å². The van der Waals surface area contributed by atoms with Crippen molar-refractivity contribution in [2.24, 2.45) is 0 Å². The number of carbonyl (C=O) groups is 1. The van der Waals surface area contributed by atoms with Crippen molar-refractivity contribution in [1.82, 2.24) is 9.78 Å². The van der Waals surface area contributed by atoms with Gasteiger partial charge in [0, 0.05) is 12.3 Å². The summed E-state index contributed by atoms with van der Waals surface area (Å²) in [5.74, 6) is -0.340. The third kappa shape index (κ3) is 2.13. The van der Waals surface area contributed by atoms with Gasteiger partial charge in [0.05, 0.1) is 22.4 Å². The van der Waals surface area contributed by atoms with Crippen molar-refractivity contribution < 1.29 is 9.72 Å². The SMILES string of the molecule is CC(=O)c1cc(-n2cc(C)cn2)ccc1[N+](=O)[O-]. The van der Waals surface area contributed by atoms with Gasteiger partial charge in [0.2, 0.25) is 0 Å². The Morgan fingerprint density at radius 3 is 2.67 bits per heavy atom. The third-order valence-corrected chi connectivity index (χ3v) is 2.53. The maximum atomic E-state index is 11.4. The number of benzene rings is 1. The Balaban J connectivity index is 2.56. The number of aryl methyl sites for hydroxylation is 1. The van der Waals surface area contributed by atoms with E-state index >= 15 is 0 Å². The van der Waals surface area contributed by atoms with Crippen molar-refractivity contribution in [3.8, 4) is 5.69 Å². The molecule has 0 aliphatic carbocycles. The van der Waals surface area contributed by atoms with Crippen LogP contribution < -0.4 is 0 Å². The van der Waals surface area contributed by atoms with E-state index in [1.54, 1.807) is 23.1 Å². The molecule has 0 saturated carbocycles. The van der Waals surface area contributed by atoms with Crippen LogP contribution in [-0.4, -0.2) is 20.5 Å². The highest BCUT2D eigenvalue weighted by Crippen LogP contribution is 2.22. The van der Waals surface area contributed by atoms with Crippen molar-refractivity contribution >= 4 is 11.5 Å². The van der Waals surface area contributed by atoms with Crippen LogP contribution in [0.2, 0.25) is 0 Å². The van der Waals surface area contributed by atoms with E-state index in [0.717, 1.165) is 5.56 Å². The highest BCUT2D eigenvalue weighted by molar-refractivity contribution is 5.98. The molecule has 0 atom stereocenters. The predicted molar refractivity (Wildman–Crippen MR) is 65.0 cm³/mol.